The van der Waals surface area contributed by atoms with E-state index in [1.54, 1.807) is 13.8 Å². The Balaban J connectivity index is 4.22. The first kappa shape index (κ1) is 9.48. The van der Waals surface area contributed by atoms with E-state index in [0.717, 1.165) is 0 Å². The lowest BCUT2D eigenvalue weighted by Crippen LogP contribution is -2.41. The molecule has 0 aliphatic rings. The molecule has 2 nitrogen and oxygen atoms in total. The van der Waals surface area contributed by atoms with E-state index < -0.39 is 11.7 Å². The van der Waals surface area contributed by atoms with Gasteiger partial charge in [-0.1, -0.05) is 19.8 Å². The van der Waals surface area contributed by atoms with Crippen LogP contribution in [0.5, 0.6) is 0 Å². The Kier molecular flexibility index (Phi) is 2.89. The van der Waals surface area contributed by atoms with E-state index in [1.165, 1.54) is 6.92 Å². The molecule has 0 rings (SSSR count). The number of terminal acetylenes is 1. The minimum absolute atomic E-state index is 0.0222. The molecule has 0 bridgehead atoms. The third kappa shape index (κ3) is 2.02. The summed E-state index contributed by atoms with van der Waals surface area (Å²) in [4.78, 5) is 0. The van der Waals surface area contributed by atoms with Crippen LogP contribution in [0.2, 0.25) is 0 Å². The van der Waals surface area contributed by atoms with E-state index in [0.29, 0.717) is 0 Å². The summed E-state index contributed by atoms with van der Waals surface area (Å²) < 4.78 is 0. The summed E-state index contributed by atoms with van der Waals surface area (Å²) in [6.07, 6.45) is 4.14. The van der Waals surface area contributed by atoms with Crippen LogP contribution in [0, 0.1) is 18.3 Å². The van der Waals surface area contributed by atoms with E-state index in [9.17, 15) is 10.2 Å². The maximum atomic E-state index is 9.28. The molecule has 0 fully saturated rings. The molecule has 0 heterocycles. The molecule has 2 atom stereocenters. The van der Waals surface area contributed by atoms with Crippen LogP contribution in [0.25, 0.3) is 0 Å². The minimum atomic E-state index is -1.39. The molecule has 2 N–H and O–H groups in total. The Morgan fingerprint density at radius 1 is 1.50 bits per heavy atom. The van der Waals surface area contributed by atoms with Crippen LogP contribution in [-0.4, -0.2) is 21.9 Å². The number of aliphatic hydroxyl groups excluding tert-OH is 1. The van der Waals surface area contributed by atoms with Gasteiger partial charge < -0.3 is 10.2 Å². The van der Waals surface area contributed by atoms with Crippen molar-refractivity contribution in [3.05, 3.63) is 0 Å². The summed E-state index contributed by atoms with van der Waals surface area (Å²) in [6.45, 7) is 5.03. The molecule has 0 saturated heterocycles. The van der Waals surface area contributed by atoms with Crippen molar-refractivity contribution in [1.29, 1.82) is 0 Å². The van der Waals surface area contributed by atoms with Crippen molar-refractivity contribution in [2.45, 2.75) is 32.5 Å². The highest BCUT2D eigenvalue weighted by Gasteiger charge is 2.29. The van der Waals surface area contributed by atoms with E-state index >= 15 is 0 Å². The third-order valence-corrected chi connectivity index (χ3v) is 1.50. The molecule has 0 aliphatic heterocycles. The Hall–Kier alpha value is -0.520. The van der Waals surface area contributed by atoms with Crippen molar-refractivity contribution >= 4 is 0 Å². The number of hydrogen-bond donors (Lipinski definition) is 2. The lowest BCUT2D eigenvalue weighted by molar-refractivity contribution is -0.0430. The average Bonchev–Trinajstić information content (AvgIpc) is 1.86. The highest BCUT2D eigenvalue weighted by atomic mass is 16.3. The summed E-state index contributed by atoms with van der Waals surface area (Å²) in [6, 6.07) is 0. The highest BCUT2D eigenvalue weighted by molar-refractivity contribution is 5.08. The maximum absolute atomic E-state index is 9.28. The molecule has 2 unspecified atom stereocenters. The second kappa shape index (κ2) is 3.05. The third-order valence-electron chi connectivity index (χ3n) is 1.50. The molecule has 0 spiro atoms. The maximum Gasteiger partial charge on any atom is 0.148 e. The van der Waals surface area contributed by atoms with Crippen molar-refractivity contribution in [2.75, 3.05) is 0 Å². The predicted octanol–water partition coefficient (Wildman–Crippen LogP) is 0.387. The van der Waals surface area contributed by atoms with Crippen LogP contribution in [0.4, 0.5) is 0 Å². The minimum Gasteiger partial charge on any atom is -0.389 e. The standard InChI is InChI=1S/C8H14O2/c1-5-8(4,10)7(9)6(2)3/h1,6-7,9-10H,2-4H3. The van der Waals surface area contributed by atoms with Crippen LogP contribution in [0.3, 0.4) is 0 Å². The van der Waals surface area contributed by atoms with Crippen LogP contribution in [0.1, 0.15) is 20.8 Å². The average molecular weight is 142 g/mol. The molecule has 0 radical (unpaired) electrons. The van der Waals surface area contributed by atoms with Gasteiger partial charge in [0.2, 0.25) is 0 Å². The molecule has 0 aromatic carbocycles. The molecular weight excluding hydrogens is 128 g/mol. The molecule has 2 heteroatoms. The number of rotatable bonds is 2. The van der Waals surface area contributed by atoms with E-state index in [-0.39, 0.29) is 5.92 Å². The van der Waals surface area contributed by atoms with Crippen LogP contribution in [0.15, 0.2) is 0 Å². The van der Waals surface area contributed by atoms with Gasteiger partial charge in [-0.25, -0.2) is 0 Å². The molecule has 0 aromatic rings. The molecule has 0 aliphatic carbocycles. The zero-order valence-electron chi connectivity index (χ0n) is 6.63. The second-order valence-corrected chi connectivity index (χ2v) is 2.98. The van der Waals surface area contributed by atoms with Gasteiger partial charge in [-0.15, -0.1) is 6.42 Å². The first-order chi connectivity index (χ1) is 4.41. The summed E-state index contributed by atoms with van der Waals surface area (Å²) in [5, 5.41) is 18.5. The van der Waals surface area contributed by atoms with Gasteiger partial charge in [-0.2, -0.15) is 0 Å². The zero-order valence-corrected chi connectivity index (χ0v) is 6.63. The van der Waals surface area contributed by atoms with Gasteiger partial charge in [0.15, 0.2) is 0 Å². The molecule has 58 valence electrons. The van der Waals surface area contributed by atoms with Gasteiger partial charge in [0.25, 0.3) is 0 Å². The van der Waals surface area contributed by atoms with Gasteiger partial charge in [0, 0.05) is 0 Å². The fraction of sp³-hybridized carbons (Fsp3) is 0.750. The molecule has 0 amide bonds. The Bertz CT molecular complexity index is 142. The Labute approximate surface area is 61.9 Å². The van der Waals surface area contributed by atoms with Crippen LogP contribution < -0.4 is 0 Å². The molecule has 0 saturated carbocycles. The number of hydrogen-bond acceptors (Lipinski definition) is 2. The van der Waals surface area contributed by atoms with Gasteiger partial charge in [-0.3, -0.25) is 0 Å². The normalized spacial score (nSPS) is 19.7. The largest absolute Gasteiger partial charge is 0.389 e. The van der Waals surface area contributed by atoms with E-state index in [4.69, 9.17) is 6.42 Å². The Morgan fingerprint density at radius 3 is 2.00 bits per heavy atom. The summed E-state index contributed by atoms with van der Waals surface area (Å²) in [5.41, 5.74) is -1.39. The van der Waals surface area contributed by atoms with Gasteiger partial charge in [0.05, 0.1) is 6.10 Å². The quantitative estimate of drug-likeness (QED) is 0.547. The summed E-state index contributed by atoms with van der Waals surface area (Å²) >= 11 is 0. The van der Waals surface area contributed by atoms with Crippen LogP contribution >= 0.6 is 0 Å². The zero-order chi connectivity index (χ0) is 8.36. The summed E-state index contributed by atoms with van der Waals surface area (Å²) in [7, 11) is 0. The van der Waals surface area contributed by atoms with Crippen molar-refractivity contribution in [3.63, 3.8) is 0 Å². The Morgan fingerprint density at radius 2 is 1.90 bits per heavy atom. The highest BCUT2D eigenvalue weighted by Crippen LogP contribution is 2.15. The SMILES string of the molecule is C#CC(C)(O)C(O)C(C)C. The van der Waals surface area contributed by atoms with Crippen molar-refractivity contribution in [1.82, 2.24) is 0 Å². The van der Waals surface area contributed by atoms with Gasteiger partial charge in [0.1, 0.15) is 5.60 Å². The monoisotopic (exact) mass is 142 g/mol. The van der Waals surface area contributed by atoms with Gasteiger partial charge in [-0.05, 0) is 12.8 Å². The lowest BCUT2D eigenvalue weighted by Gasteiger charge is -2.26. The fourth-order valence-corrected chi connectivity index (χ4v) is 0.734. The lowest BCUT2D eigenvalue weighted by atomic mass is 9.91. The van der Waals surface area contributed by atoms with E-state index in [1.807, 2.05) is 0 Å². The topological polar surface area (TPSA) is 40.5 Å². The fourth-order valence-electron chi connectivity index (χ4n) is 0.734. The number of aliphatic hydroxyl groups is 2. The first-order valence-electron chi connectivity index (χ1n) is 3.30. The van der Waals surface area contributed by atoms with E-state index in [2.05, 4.69) is 5.92 Å². The van der Waals surface area contributed by atoms with Crippen molar-refractivity contribution in [2.24, 2.45) is 5.92 Å². The molecule has 10 heavy (non-hydrogen) atoms. The van der Waals surface area contributed by atoms with Crippen LogP contribution in [-0.2, 0) is 0 Å². The van der Waals surface area contributed by atoms with Crippen molar-refractivity contribution in [3.8, 4) is 12.3 Å². The predicted molar refractivity (Wildman–Crippen MR) is 40.3 cm³/mol. The van der Waals surface area contributed by atoms with Gasteiger partial charge >= 0.3 is 0 Å². The molecular formula is C8H14O2. The summed E-state index contributed by atoms with van der Waals surface area (Å²) in [5.74, 6) is 2.11. The second-order valence-electron chi connectivity index (χ2n) is 2.98. The first-order valence-corrected chi connectivity index (χ1v) is 3.30. The van der Waals surface area contributed by atoms with Crippen molar-refractivity contribution < 1.29 is 10.2 Å². The smallest absolute Gasteiger partial charge is 0.148 e. The molecule has 0 aromatic heterocycles.